The number of hydrogen-bond donors (Lipinski definition) is 1. The topological polar surface area (TPSA) is 24.5 Å². The van der Waals surface area contributed by atoms with E-state index in [1.54, 1.807) is 11.9 Å². The Morgan fingerprint density at radius 2 is 1.78 bits per heavy atom. The minimum atomic E-state index is 0.201. The van der Waals surface area contributed by atoms with Crippen molar-refractivity contribution in [3.63, 3.8) is 0 Å². The van der Waals surface area contributed by atoms with Gasteiger partial charge in [-0.05, 0) is 68.2 Å². The first-order valence-electron chi connectivity index (χ1n) is 13.0. The van der Waals surface area contributed by atoms with Gasteiger partial charge < -0.3 is 10.1 Å². The predicted molar refractivity (Wildman–Crippen MR) is 164 cm³/mol. The summed E-state index contributed by atoms with van der Waals surface area (Å²) < 4.78 is 8.49. The molecule has 4 heteroatoms. The van der Waals surface area contributed by atoms with Gasteiger partial charge in [-0.2, -0.15) is 0 Å². The van der Waals surface area contributed by atoms with Crippen molar-refractivity contribution in [2.45, 2.75) is 60.4 Å². The van der Waals surface area contributed by atoms with Gasteiger partial charge in [0.05, 0.1) is 0 Å². The number of allylic oxidation sites excluding steroid dienone is 5. The lowest BCUT2D eigenvalue weighted by Crippen LogP contribution is -2.41. The van der Waals surface area contributed by atoms with Crippen molar-refractivity contribution in [1.82, 2.24) is 9.62 Å². The van der Waals surface area contributed by atoms with Crippen LogP contribution in [0.4, 0.5) is 0 Å². The van der Waals surface area contributed by atoms with E-state index in [1.165, 1.54) is 16.0 Å². The highest BCUT2D eigenvalue weighted by molar-refractivity contribution is 8.01. The normalized spacial score (nSPS) is 13.8. The Labute approximate surface area is 226 Å². The molecule has 0 saturated heterocycles. The summed E-state index contributed by atoms with van der Waals surface area (Å²) in [5, 5.41) is 3.61. The molecule has 1 N–H and O–H groups in total. The van der Waals surface area contributed by atoms with Crippen LogP contribution in [-0.2, 0) is 11.2 Å². The maximum absolute atomic E-state index is 6.03. The second kappa shape index (κ2) is 20.7. The molecule has 0 spiro atoms. The van der Waals surface area contributed by atoms with Crippen LogP contribution in [0, 0.1) is 11.8 Å². The van der Waals surface area contributed by atoms with Crippen molar-refractivity contribution < 1.29 is 4.74 Å². The van der Waals surface area contributed by atoms with Crippen LogP contribution in [0.3, 0.4) is 0 Å². The van der Waals surface area contributed by atoms with Crippen molar-refractivity contribution >= 4 is 11.9 Å². The number of ether oxygens (including phenoxy) is 1. The molecule has 1 aromatic carbocycles. The zero-order valence-electron chi connectivity index (χ0n) is 23.6. The Kier molecular flexibility index (Phi) is 19.3. The monoisotopic (exact) mass is 510 g/mol. The van der Waals surface area contributed by atoms with Crippen molar-refractivity contribution in [3.8, 4) is 0 Å². The third-order valence-electron chi connectivity index (χ3n) is 5.52. The minimum absolute atomic E-state index is 0.201. The number of benzene rings is 1. The van der Waals surface area contributed by atoms with E-state index in [0.29, 0.717) is 24.3 Å². The Bertz CT molecular complexity index is 826. The minimum Gasteiger partial charge on any atom is -0.475 e. The Morgan fingerprint density at radius 1 is 1.11 bits per heavy atom. The number of nitrogens with zero attached hydrogens (tertiary/aromatic N) is 1. The van der Waals surface area contributed by atoms with E-state index in [4.69, 9.17) is 4.74 Å². The molecule has 2 atom stereocenters. The highest BCUT2D eigenvalue weighted by atomic mass is 32.2. The first-order valence-corrected chi connectivity index (χ1v) is 13.7. The molecule has 0 aliphatic rings. The molecular formula is C32H50N2OS. The van der Waals surface area contributed by atoms with E-state index >= 15 is 0 Å². The van der Waals surface area contributed by atoms with Gasteiger partial charge in [0, 0.05) is 24.0 Å². The van der Waals surface area contributed by atoms with Gasteiger partial charge in [-0.3, -0.25) is 0 Å². The van der Waals surface area contributed by atoms with Crippen molar-refractivity contribution in [1.29, 1.82) is 0 Å². The van der Waals surface area contributed by atoms with Crippen LogP contribution in [0.15, 0.2) is 103 Å². The first kappa shape index (κ1) is 33.6. The van der Waals surface area contributed by atoms with Gasteiger partial charge in [0.1, 0.15) is 6.61 Å². The largest absolute Gasteiger partial charge is 0.475 e. The lowest BCUT2D eigenvalue weighted by Gasteiger charge is -2.32. The fourth-order valence-electron chi connectivity index (χ4n) is 3.55. The van der Waals surface area contributed by atoms with Crippen LogP contribution < -0.4 is 5.32 Å². The molecule has 3 nitrogen and oxygen atoms in total. The molecule has 0 fully saturated rings. The first-order chi connectivity index (χ1) is 17.3. The SMILES string of the molecule is C=C.C=C/C(=C\C)SN(CC(C)C)CC(C)[C@H](Cc1ccccc1)NC(=C)OC/C(=C/C=C\C)CC. The van der Waals surface area contributed by atoms with Crippen molar-refractivity contribution in [2.24, 2.45) is 11.8 Å². The molecule has 0 aliphatic carbocycles. The summed E-state index contributed by atoms with van der Waals surface area (Å²) in [4.78, 5) is 1.19. The molecule has 0 aliphatic heterocycles. The number of nitrogens with one attached hydrogen (secondary N) is 1. The van der Waals surface area contributed by atoms with E-state index in [1.807, 2.05) is 19.1 Å². The molecular weight excluding hydrogens is 460 g/mol. The fraction of sp³-hybridized carbons (Fsp3) is 0.438. The number of rotatable bonds is 17. The van der Waals surface area contributed by atoms with E-state index in [2.05, 4.69) is 119 Å². The van der Waals surface area contributed by atoms with Gasteiger partial charge in [-0.1, -0.05) is 95.0 Å². The molecule has 1 rings (SSSR count). The summed E-state index contributed by atoms with van der Waals surface area (Å²) in [6.45, 7) is 29.8. The van der Waals surface area contributed by atoms with Crippen LogP contribution >= 0.6 is 11.9 Å². The molecule has 0 radical (unpaired) electrons. The van der Waals surface area contributed by atoms with Gasteiger partial charge >= 0.3 is 0 Å². The Balaban J connectivity index is 0.00000596. The molecule has 0 aromatic heterocycles. The molecule has 0 saturated carbocycles. The lowest BCUT2D eigenvalue weighted by molar-refractivity contribution is 0.190. The maximum Gasteiger partial charge on any atom is 0.179 e. The van der Waals surface area contributed by atoms with Crippen molar-refractivity contribution in [3.05, 3.63) is 109 Å². The summed E-state index contributed by atoms with van der Waals surface area (Å²) in [6.07, 6.45) is 12.1. The van der Waals surface area contributed by atoms with Gasteiger partial charge in [0.15, 0.2) is 5.88 Å². The quantitative estimate of drug-likeness (QED) is 0.0980. The zero-order valence-corrected chi connectivity index (χ0v) is 24.4. The van der Waals surface area contributed by atoms with Gasteiger partial charge in [-0.15, -0.1) is 13.2 Å². The molecule has 0 bridgehead atoms. The van der Waals surface area contributed by atoms with E-state index in [0.717, 1.165) is 25.9 Å². The van der Waals surface area contributed by atoms with Gasteiger partial charge in [-0.25, -0.2) is 4.31 Å². The molecule has 1 aromatic rings. The molecule has 0 amide bonds. The smallest absolute Gasteiger partial charge is 0.179 e. The second-order valence-electron chi connectivity index (χ2n) is 9.06. The summed E-state index contributed by atoms with van der Waals surface area (Å²) in [6, 6.07) is 10.9. The molecule has 36 heavy (non-hydrogen) atoms. The average molecular weight is 511 g/mol. The van der Waals surface area contributed by atoms with Crippen LogP contribution in [0.1, 0.15) is 53.5 Å². The van der Waals surface area contributed by atoms with Crippen LogP contribution in [0.2, 0.25) is 0 Å². The summed E-state index contributed by atoms with van der Waals surface area (Å²) in [7, 11) is 0. The van der Waals surface area contributed by atoms with Gasteiger partial charge in [0.2, 0.25) is 0 Å². The van der Waals surface area contributed by atoms with Crippen LogP contribution in [0.5, 0.6) is 0 Å². The highest BCUT2D eigenvalue weighted by Crippen LogP contribution is 2.26. The Hall–Kier alpha value is -2.43. The lowest BCUT2D eigenvalue weighted by atomic mass is 9.94. The third kappa shape index (κ3) is 14.9. The van der Waals surface area contributed by atoms with Gasteiger partial charge in [0.25, 0.3) is 0 Å². The fourth-order valence-corrected chi connectivity index (χ4v) is 4.71. The van der Waals surface area contributed by atoms with E-state index in [-0.39, 0.29) is 6.04 Å². The van der Waals surface area contributed by atoms with Crippen molar-refractivity contribution in [2.75, 3.05) is 19.7 Å². The molecule has 1 unspecified atom stereocenters. The van der Waals surface area contributed by atoms with Crippen LogP contribution in [-0.4, -0.2) is 30.0 Å². The summed E-state index contributed by atoms with van der Waals surface area (Å²) >= 11 is 1.79. The standard InChI is InChI=1S/C30H46N2OS.C2H4/c1-9-13-17-27(10-2)23-33-26(8)31-30(20-28-18-15-14-16-19-28)25(7)22-32(21-24(5)6)34-29(11-3)12-4;1-2/h9,11-19,24-25,30-31H,3,8,10,20-23H2,1-2,4-7H3;1-2H2/b13-9-,27-17+,29-12+;/t25?,30-;/m0./s1. The summed E-state index contributed by atoms with van der Waals surface area (Å²) in [5.41, 5.74) is 2.56. The van der Waals surface area contributed by atoms with Crippen LogP contribution in [0.25, 0.3) is 0 Å². The number of hydrogen-bond acceptors (Lipinski definition) is 4. The maximum atomic E-state index is 6.03. The highest BCUT2D eigenvalue weighted by Gasteiger charge is 2.23. The molecule has 200 valence electrons. The predicted octanol–water partition coefficient (Wildman–Crippen LogP) is 8.72. The van der Waals surface area contributed by atoms with E-state index < -0.39 is 0 Å². The summed E-state index contributed by atoms with van der Waals surface area (Å²) in [5.74, 6) is 1.59. The second-order valence-corrected chi connectivity index (χ2v) is 10.2. The molecule has 0 heterocycles. The average Bonchev–Trinajstić information content (AvgIpc) is 2.88. The van der Waals surface area contributed by atoms with E-state index in [9.17, 15) is 0 Å². The third-order valence-corrected chi connectivity index (χ3v) is 6.69. The zero-order chi connectivity index (χ0) is 27.3. The Morgan fingerprint density at radius 3 is 2.31 bits per heavy atom.